The van der Waals surface area contributed by atoms with Gasteiger partial charge in [-0.15, -0.1) is 0 Å². The molecule has 3 rings (SSSR count). The van der Waals surface area contributed by atoms with Crippen molar-refractivity contribution < 1.29 is 19.0 Å². The summed E-state index contributed by atoms with van der Waals surface area (Å²) in [6, 6.07) is 13.2. The van der Waals surface area contributed by atoms with Gasteiger partial charge in [0.25, 0.3) is 0 Å². The van der Waals surface area contributed by atoms with Crippen LogP contribution in [0.4, 0.5) is 5.69 Å². The molecule has 0 radical (unpaired) electrons. The molecule has 1 aliphatic heterocycles. The zero-order chi connectivity index (χ0) is 21.2. The summed E-state index contributed by atoms with van der Waals surface area (Å²) < 4.78 is 16.9. The Morgan fingerprint density at radius 2 is 1.84 bits per heavy atom. The first kappa shape index (κ1) is 25.3. The van der Waals surface area contributed by atoms with Gasteiger partial charge in [-0.05, 0) is 75.8 Å². The minimum absolute atomic E-state index is 0. The van der Waals surface area contributed by atoms with E-state index in [9.17, 15) is 4.79 Å². The Bertz CT molecular complexity index is 853. The summed E-state index contributed by atoms with van der Waals surface area (Å²) in [4.78, 5) is 14.5. The van der Waals surface area contributed by atoms with Gasteiger partial charge < -0.3 is 24.4 Å². The van der Waals surface area contributed by atoms with Gasteiger partial charge in [0, 0.05) is 6.08 Å². The Balaban J connectivity index is 0.00000341. The third-order valence-corrected chi connectivity index (χ3v) is 4.65. The maximum absolute atomic E-state index is 12.3. The molecule has 162 valence electrons. The summed E-state index contributed by atoms with van der Waals surface area (Å²) in [5.41, 5.74) is 1.54. The van der Waals surface area contributed by atoms with Crippen LogP contribution < -0.4 is 19.5 Å². The number of para-hydroxylation sites is 1. The number of nitrogens with zero attached hydrogens (tertiary/aromatic N) is 1. The van der Waals surface area contributed by atoms with Crippen molar-refractivity contribution in [1.82, 2.24) is 4.90 Å². The van der Waals surface area contributed by atoms with Gasteiger partial charge in [-0.25, -0.2) is 0 Å². The standard InChI is InChI=1S/C24H30N2O4.Na.H/c1-26(2)15-4-3-5-16-28-20-12-9-19(10-13-20)11-14-23(27)25-21-7-6-8-22-24(21)30-18-17-29-22;;/h6-14H,3-5,15-18H2,1-2H3,(H,25,27);;. The van der Waals surface area contributed by atoms with Crippen molar-refractivity contribution in [1.29, 1.82) is 0 Å². The van der Waals surface area contributed by atoms with Gasteiger partial charge >= 0.3 is 29.6 Å². The molecule has 0 atom stereocenters. The number of anilines is 1. The quantitative estimate of drug-likeness (QED) is 0.352. The van der Waals surface area contributed by atoms with Crippen LogP contribution in [0.2, 0.25) is 0 Å². The number of unbranched alkanes of at least 4 members (excludes halogenated alkanes) is 2. The second-order valence-corrected chi connectivity index (χ2v) is 7.43. The molecule has 7 heteroatoms. The molecule has 0 saturated heterocycles. The summed E-state index contributed by atoms with van der Waals surface area (Å²) in [6.07, 6.45) is 6.67. The third-order valence-electron chi connectivity index (χ3n) is 4.65. The monoisotopic (exact) mass is 434 g/mol. The fourth-order valence-electron chi connectivity index (χ4n) is 3.09. The van der Waals surface area contributed by atoms with Crippen molar-refractivity contribution in [2.75, 3.05) is 45.8 Å². The van der Waals surface area contributed by atoms with Crippen LogP contribution in [0.25, 0.3) is 6.08 Å². The third kappa shape index (κ3) is 8.57. The maximum atomic E-state index is 12.3. The molecule has 0 unspecified atom stereocenters. The molecule has 2 aromatic carbocycles. The molecule has 1 heterocycles. The molecule has 1 N–H and O–H groups in total. The van der Waals surface area contributed by atoms with E-state index in [-0.39, 0.29) is 35.5 Å². The zero-order valence-electron chi connectivity index (χ0n) is 17.7. The van der Waals surface area contributed by atoms with E-state index in [1.165, 1.54) is 12.5 Å². The van der Waals surface area contributed by atoms with Gasteiger partial charge in [0.1, 0.15) is 19.0 Å². The topological polar surface area (TPSA) is 60.0 Å². The number of carbonyl (C=O) groups excluding carboxylic acids is 1. The van der Waals surface area contributed by atoms with Gasteiger partial charge in [0.05, 0.1) is 12.3 Å². The fraction of sp³-hybridized carbons (Fsp3) is 0.375. The average molecular weight is 435 g/mol. The van der Waals surface area contributed by atoms with E-state index in [0.29, 0.717) is 30.4 Å². The van der Waals surface area contributed by atoms with Crippen LogP contribution in [0.5, 0.6) is 17.2 Å². The van der Waals surface area contributed by atoms with Crippen LogP contribution in [-0.4, -0.2) is 80.8 Å². The predicted molar refractivity (Wildman–Crippen MR) is 127 cm³/mol. The number of fused-ring (bicyclic) bond motifs is 1. The van der Waals surface area contributed by atoms with Crippen molar-refractivity contribution >= 4 is 47.2 Å². The number of benzene rings is 2. The fourth-order valence-corrected chi connectivity index (χ4v) is 3.09. The number of amides is 1. The van der Waals surface area contributed by atoms with Gasteiger partial charge in [-0.3, -0.25) is 4.79 Å². The molecule has 1 amide bonds. The second kappa shape index (κ2) is 13.4. The van der Waals surface area contributed by atoms with E-state index in [0.717, 1.165) is 37.3 Å². The average Bonchev–Trinajstić information content (AvgIpc) is 2.75. The first-order valence-corrected chi connectivity index (χ1v) is 10.4. The van der Waals surface area contributed by atoms with Crippen LogP contribution in [0, 0.1) is 0 Å². The number of hydrogen-bond donors (Lipinski definition) is 1. The second-order valence-electron chi connectivity index (χ2n) is 7.43. The minimum atomic E-state index is -0.226. The van der Waals surface area contributed by atoms with Gasteiger partial charge in [0.2, 0.25) is 5.91 Å². The summed E-state index contributed by atoms with van der Waals surface area (Å²) >= 11 is 0. The number of nitrogens with one attached hydrogen (secondary N) is 1. The van der Waals surface area contributed by atoms with E-state index < -0.39 is 0 Å². The van der Waals surface area contributed by atoms with Crippen LogP contribution in [0.1, 0.15) is 24.8 Å². The number of rotatable bonds is 10. The Morgan fingerprint density at radius 3 is 2.61 bits per heavy atom. The van der Waals surface area contributed by atoms with Crippen LogP contribution in [-0.2, 0) is 4.79 Å². The molecule has 31 heavy (non-hydrogen) atoms. The van der Waals surface area contributed by atoms with Crippen molar-refractivity contribution in [2.24, 2.45) is 0 Å². The molecule has 0 saturated carbocycles. The van der Waals surface area contributed by atoms with E-state index in [1.807, 2.05) is 36.4 Å². The molecule has 0 aromatic heterocycles. The van der Waals surface area contributed by atoms with Crippen LogP contribution in [0.15, 0.2) is 48.5 Å². The Morgan fingerprint density at radius 1 is 1.06 bits per heavy atom. The summed E-state index contributed by atoms with van der Waals surface area (Å²) in [5.74, 6) is 1.85. The van der Waals surface area contributed by atoms with Crippen LogP contribution in [0.3, 0.4) is 0 Å². The zero-order valence-corrected chi connectivity index (χ0v) is 17.7. The van der Waals surface area contributed by atoms with Crippen molar-refractivity contribution in [3.63, 3.8) is 0 Å². The summed E-state index contributed by atoms with van der Waals surface area (Å²) in [5, 5.41) is 2.84. The molecule has 2 aromatic rings. The SMILES string of the molecule is CN(C)CCCCCOc1ccc(C=CC(=O)Nc2cccc3c2OCCO3)cc1.[NaH]. The van der Waals surface area contributed by atoms with Crippen molar-refractivity contribution in [3.05, 3.63) is 54.1 Å². The van der Waals surface area contributed by atoms with Gasteiger partial charge in [0.15, 0.2) is 11.5 Å². The van der Waals surface area contributed by atoms with E-state index >= 15 is 0 Å². The molecule has 0 fully saturated rings. The molecule has 0 aliphatic carbocycles. The molecule has 0 bridgehead atoms. The van der Waals surface area contributed by atoms with E-state index in [2.05, 4.69) is 24.3 Å². The Kier molecular flexibility index (Phi) is 10.9. The first-order valence-electron chi connectivity index (χ1n) is 10.4. The van der Waals surface area contributed by atoms with E-state index in [4.69, 9.17) is 14.2 Å². The normalized spacial score (nSPS) is 12.5. The van der Waals surface area contributed by atoms with Gasteiger partial charge in [-0.1, -0.05) is 18.2 Å². The van der Waals surface area contributed by atoms with Gasteiger partial charge in [-0.2, -0.15) is 0 Å². The molecular weight excluding hydrogens is 403 g/mol. The Labute approximate surface area is 206 Å². The molecular formula is C24H31N2NaO4. The van der Waals surface area contributed by atoms with E-state index in [1.54, 1.807) is 12.1 Å². The number of hydrogen-bond acceptors (Lipinski definition) is 5. The summed E-state index contributed by atoms with van der Waals surface area (Å²) in [7, 11) is 4.18. The predicted octanol–water partition coefficient (Wildman–Crippen LogP) is 3.57. The van der Waals surface area contributed by atoms with Crippen molar-refractivity contribution in [2.45, 2.75) is 19.3 Å². The van der Waals surface area contributed by atoms with Crippen molar-refractivity contribution in [3.8, 4) is 17.2 Å². The Hall–Kier alpha value is -1.99. The summed E-state index contributed by atoms with van der Waals surface area (Å²) in [6.45, 7) is 2.82. The van der Waals surface area contributed by atoms with Crippen LogP contribution >= 0.6 is 0 Å². The molecule has 6 nitrogen and oxygen atoms in total. The number of ether oxygens (including phenoxy) is 3. The number of carbonyl (C=O) groups is 1. The molecule has 0 spiro atoms. The molecule has 1 aliphatic rings. The first-order chi connectivity index (χ1) is 14.6.